The Hall–Kier alpha value is -1.09. The van der Waals surface area contributed by atoms with Crippen LogP contribution < -0.4 is 10.1 Å². The molecule has 1 N–H and O–H groups in total. The van der Waals surface area contributed by atoms with Gasteiger partial charge in [-0.15, -0.1) is 0 Å². The standard InChI is InChI=1S/C11H16N2O/c1-9-4-6-13-11(7-9)14-8-10-3-2-5-12-10/h4,6-7,10,12H,2-3,5,8H2,1H3/t10-/m1/s1. The van der Waals surface area contributed by atoms with Gasteiger partial charge in [0.2, 0.25) is 5.88 Å². The number of hydrogen-bond acceptors (Lipinski definition) is 3. The lowest BCUT2D eigenvalue weighted by Gasteiger charge is -2.11. The number of hydrogen-bond donors (Lipinski definition) is 1. The average Bonchev–Trinajstić information content (AvgIpc) is 2.67. The molecule has 0 saturated carbocycles. The summed E-state index contributed by atoms with van der Waals surface area (Å²) in [6, 6.07) is 4.45. The Morgan fingerprint density at radius 1 is 1.64 bits per heavy atom. The van der Waals surface area contributed by atoms with E-state index in [-0.39, 0.29) is 0 Å². The molecule has 0 spiro atoms. The SMILES string of the molecule is Cc1ccnc(OC[C@H]2CCCN2)c1. The number of nitrogens with one attached hydrogen (secondary N) is 1. The van der Waals surface area contributed by atoms with Crippen molar-refractivity contribution in [1.29, 1.82) is 0 Å². The van der Waals surface area contributed by atoms with Gasteiger partial charge in [0, 0.05) is 18.3 Å². The van der Waals surface area contributed by atoms with Gasteiger partial charge >= 0.3 is 0 Å². The van der Waals surface area contributed by atoms with Crippen molar-refractivity contribution in [2.24, 2.45) is 0 Å². The first kappa shape index (κ1) is 9.46. The van der Waals surface area contributed by atoms with Crippen molar-refractivity contribution < 1.29 is 4.74 Å². The predicted octanol–water partition coefficient (Wildman–Crippen LogP) is 1.52. The zero-order chi connectivity index (χ0) is 9.80. The van der Waals surface area contributed by atoms with Gasteiger partial charge in [0.15, 0.2) is 0 Å². The third kappa shape index (κ3) is 2.45. The van der Waals surface area contributed by atoms with Gasteiger partial charge in [-0.1, -0.05) is 0 Å². The van der Waals surface area contributed by atoms with Crippen LogP contribution in [0, 0.1) is 6.92 Å². The van der Waals surface area contributed by atoms with Gasteiger partial charge < -0.3 is 10.1 Å². The highest BCUT2D eigenvalue weighted by atomic mass is 16.5. The van der Waals surface area contributed by atoms with Crippen LogP contribution in [0.3, 0.4) is 0 Å². The third-order valence-electron chi connectivity index (χ3n) is 2.49. The highest BCUT2D eigenvalue weighted by Crippen LogP contribution is 2.10. The first-order valence-corrected chi connectivity index (χ1v) is 5.13. The van der Waals surface area contributed by atoms with E-state index in [1.807, 2.05) is 19.1 Å². The van der Waals surface area contributed by atoms with E-state index in [0.717, 1.165) is 19.0 Å². The Morgan fingerprint density at radius 3 is 3.29 bits per heavy atom. The van der Waals surface area contributed by atoms with Crippen LogP contribution >= 0.6 is 0 Å². The van der Waals surface area contributed by atoms with Gasteiger partial charge in [0.1, 0.15) is 6.61 Å². The van der Waals surface area contributed by atoms with Gasteiger partial charge in [-0.2, -0.15) is 0 Å². The molecule has 0 unspecified atom stereocenters. The second-order valence-electron chi connectivity index (χ2n) is 3.78. The van der Waals surface area contributed by atoms with E-state index in [9.17, 15) is 0 Å². The predicted molar refractivity (Wildman–Crippen MR) is 55.5 cm³/mol. The number of aromatic nitrogens is 1. The average molecular weight is 192 g/mol. The maximum absolute atomic E-state index is 5.60. The fourth-order valence-corrected chi connectivity index (χ4v) is 1.67. The minimum Gasteiger partial charge on any atom is -0.476 e. The van der Waals surface area contributed by atoms with Gasteiger partial charge in [-0.05, 0) is 37.9 Å². The van der Waals surface area contributed by atoms with Crippen molar-refractivity contribution in [3.63, 3.8) is 0 Å². The van der Waals surface area contributed by atoms with Crippen LogP contribution in [0.1, 0.15) is 18.4 Å². The zero-order valence-electron chi connectivity index (χ0n) is 8.49. The van der Waals surface area contributed by atoms with Crippen LogP contribution in [0.5, 0.6) is 5.88 Å². The number of nitrogens with zero attached hydrogens (tertiary/aromatic N) is 1. The van der Waals surface area contributed by atoms with Crippen LogP contribution in [0.4, 0.5) is 0 Å². The Morgan fingerprint density at radius 2 is 2.57 bits per heavy atom. The molecule has 1 aromatic heterocycles. The van der Waals surface area contributed by atoms with E-state index in [4.69, 9.17) is 4.74 Å². The molecule has 1 aliphatic heterocycles. The molecule has 0 radical (unpaired) electrons. The summed E-state index contributed by atoms with van der Waals surface area (Å²) in [7, 11) is 0. The minimum absolute atomic E-state index is 0.511. The van der Waals surface area contributed by atoms with Gasteiger partial charge in [0.25, 0.3) is 0 Å². The molecule has 0 amide bonds. The first-order valence-electron chi connectivity index (χ1n) is 5.13. The van der Waals surface area contributed by atoms with Crippen molar-refractivity contribution >= 4 is 0 Å². The normalized spacial score (nSPS) is 21.1. The van der Waals surface area contributed by atoms with Crippen LogP contribution in [-0.4, -0.2) is 24.2 Å². The molecule has 1 aromatic rings. The van der Waals surface area contributed by atoms with E-state index in [1.165, 1.54) is 18.4 Å². The van der Waals surface area contributed by atoms with Crippen molar-refractivity contribution in [1.82, 2.24) is 10.3 Å². The monoisotopic (exact) mass is 192 g/mol. The van der Waals surface area contributed by atoms with Crippen LogP contribution in [-0.2, 0) is 0 Å². The maximum atomic E-state index is 5.60. The molecular formula is C11H16N2O. The van der Waals surface area contributed by atoms with E-state index in [1.54, 1.807) is 6.20 Å². The van der Waals surface area contributed by atoms with E-state index in [0.29, 0.717) is 6.04 Å². The van der Waals surface area contributed by atoms with Crippen LogP contribution in [0.2, 0.25) is 0 Å². The molecule has 0 aromatic carbocycles. The quantitative estimate of drug-likeness (QED) is 0.788. The molecule has 2 heterocycles. The van der Waals surface area contributed by atoms with Crippen LogP contribution in [0.25, 0.3) is 0 Å². The number of aryl methyl sites for hydroxylation is 1. The fourth-order valence-electron chi connectivity index (χ4n) is 1.67. The second kappa shape index (κ2) is 4.42. The van der Waals surface area contributed by atoms with Crippen molar-refractivity contribution in [3.05, 3.63) is 23.9 Å². The molecule has 1 aliphatic rings. The first-order chi connectivity index (χ1) is 6.84. The van der Waals surface area contributed by atoms with E-state index < -0.39 is 0 Å². The number of pyridine rings is 1. The van der Waals surface area contributed by atoms with Gasteiger partial charge in [-0.25, -0.2) is 4.98 Å². The maximum Gasteiger partial charge on any atom is 0.213 e. The molecule has 1 saturated heterocycles. The summed E-state index contributed by atoms with van der Waals surface area (Å²) in [6.45, 7) is 3.90. The second-order valence-corrected chi connectivity index (χ2v) is 3.78. The largest absolute Gasteiger partial charge is 0.476 e. The summed E-state index contributed by atoms with van der Waals surface area (Å²) >= 11 is 0. The lowest BCUT2D eigenvalue weighted by atomic mass is 10.2. The van der Waals surface area contributed by atoms with Gasteiger partial charge in [0.05, 0.1) is 0 Å². The Bertz CT molecular complexity index is 295. The molecule has 1 atom stereocenters. The molecule has 0 bridgehead atoms. The molecule has 14 heavy (non-hydrogen) atoms. The lowest BCUT2D eigenvalue weighted by molar-refractivity contribution is 0.267. The molecular weight excluding hydrogens is 176 g/mol. The van der Waals surface area contributed by atoms with Crippen LogP contribution in [0.15, 0.2) is 18.3 Å². The Kier molecular flexibility index (Phi) is 2.99. The summed E-state index contributed by atoms with van der Waals surface area (Å²) in [5, 5.41) is 3.39. The smallest absolute Gasteiger partial charge is 0.213 e. The topological polar surface area (TPSA) is 34.1 Å². The Labute approximate surface area is 84.5 Å². The molecule has 3 heteroatoms. The Balaban J connectivity index is 1.85. The summed E-state index contributed by atoms with van der Waals surface area (Å²) in [5.74, 6) is 0.735. The number of ether oxygens (including phenoxy) is 1. The van der Waals surface area contributed by atoms with Crippen molar-refractivity contribution in [2.45, 2.75) is 25.8 Å². The summed E-state index contributed by atoms with van der Waals surface area (Å²) < 4.78 is 5.60. The minimum atomic E-state index is 0.511. The lowest BCUT2D eigenvalue weighted by Crippen LogP contribution is -2.28. The number of rotatable bonds is 3. The highest BCUT2D eigenvalue weighted by molar-refractivity contribution is 5.18. The molecule has 0 aliphatic carbocycles. The molecule has 3 nitrogen and oxygen atoms in total. The molecule has 76 valence electrons. The zero-order valence-corrected chi connectivity index (χ0v) is 8.49. The van der Waals surface area contributed by atoms with E-state index >= 15 is 0 Å². The van der Waals surface area contributed by atoms with Gasteiger partial charge in [-0.3, -0.25) is 0 Å². The molecule has 1 fully saturated rings. The fraction of sp³-hybridized carbons (Fsp3) is 0.545. The summed E-state index contributed by atoms with van der Waals surface area (Å²) in [5.41, 5.74) is 1.19. The van der Waals surface area contributed by atoms with Crippen molar-refractivity contribution in [3.8, 4) is 5.88 Å². The molecule has 2 rings (SSSR count). The summed E-state index contributed by atoms with van der Waals surface area (Å²) in [4.78, 5) is 4.15. The van der Waals surface area contributed by atoms with Crippen molar-refractivity contribution in [2.75, 3.05) is 13.2 Å². The highest BCUT2D eigenvalue weighted by Gasteiger charge is 2.14. The summed E-state index contributed by atoms with van der Waals surface area (Å²) in [6.07, 6.45) is 4.26. The third-order valence-corrected chi connectivity index (χ3v) is 2.49. The van der Waals surface area contributed by atoms with E-state index in [2.05, 4.69) is 10.3 Å².